The van der Waals surface area contributed by atoms with Crippen molar-refractivity contribution in [2.75, 3.05) is 7.11 Å². The van der Waals surface area contributed by atoms with Gasteiger partial charge in [0.1, 0.15) is 23.9 Å². The third-order valence-electron chi connectivity index (χ3n) is 2.93. The van der Waals surface area contributed by atoms with Crippen LogP contribution in [-0.2, 0) is 6.61 Å². The van der Waals surface area contributed by atoms with Crippen LogP contribution >= 0.6 is 0 Å². The van der Waals surface area contributed by atoms with Crippen LogP contribution in [0, 0.1) is 22.9 Å². The Kier molecular flexibility index (Phi) is 4.37. The van der Waals surface area contributed by atoms with E-state index in [0.717, 1.165) is 0 Å². The number of non-ortho nitro benzene ring substituents is 1. The molecule has 0 bridgehead atoms. The van der Waals surface area contributed by atoms with Crippen molar-refractivity contribution in [3.8, 4) is 11.5 Å². The average molecular weight is 291 g/mol. The minimum Gasteiger partial charge on any atom is -0.496 e. The summed E-state index contributed by atoms with van der Waals surface area (Å²) in [6.45, 7) is 1.77. The molecule has 0 aliphatic rings. The van der Waals surface area contributed by atoms with Gasteiger partial charge in [-0.3, -0.25) is 10.1 Å². The first kappa shape index (κ1) is 14.8. The van der Waals surface area contributed by atoms with Gasteiger partial charge < -0.3 is 9.47 Å². The number of ether oxygens (including phenoxy) is 2. The number of nitrogens with zero attached hydrogens (tertiary/aromatic N) is 1. The van der Waals surface area contributed by atoms with Gasteiger partial charge in [-0.1, -0.05) is 0 Å². The number of rotatable bonds is 5. The lowest BCUT2D eigenvalue weighted by Gasteiger charge is -2.09. The van der Waals surface area contributed by atoms with Crippen LogP contribution < -0.4 is 9.47 Å². The van der Waals surface area contributed by atoms with Crippen molar-refractivity contribution in [3.05, 3.63) is 63.5 Å². The molecule has 5 nitrogen and oxygen atoms in total. The van der Waals surface area contributed by atoms with Crippen LogP contribution in [0.1, 0.15) is 11.1 Å². The van der Waals surface area contributed by atoms with Crippen molar-refractivity contribution in [1.29, 1.82) is 0 Å². The van der Waals surface area contributed by atoms with E-state index in [1.807, 2.05) is 0 Å². The van der Waals surface area contributed by atoms with E-state index >= 15 is 0 Å². The summed E-state index contributed by atoms with van der Waals surface area (Å²) in [7, 11) is 1.44. The van der Waals surface area contributed by atoms with Crippen LogP contribution in [-0.4, -0.2) is 12.0 Å². The summed E-state index contributed by atoms with van der Waals surface area (Å²) >= 11 is 0. The van der Waals surface area contributed by atoms with Gasteiger partial charge in [-0.15, -0.1) is 0 Å². The number of aryl methyl sites for hydroxylation is 1. The molecule has 0 fully saturated rings. The van der Waals surface area contributed by atoms with Gasteiger partial charge in [-0.2, -0.15) is 0 Å². The third-order valence-corrected chi connectivity index (χ3v) is 2.93. The van der Waals surface area contributed by atoms with Gasteiger partial charge in [-0.25, -0.2) is 4.39 Å². The Balaban J connectivity index is 2.17. The summed E-state index contributed by atoms with van der Waals surface area (Å²) in [4.78, 5) is 10.4. The number of methoxy groups -OCH3 is 1. The van der Waals surface area contributed by atoms with E-state index in [2.05, 4.69) is 0 Å². The van der Waals surface area contributed by atoms with Crippen molar-refractivity contribution in [2.24, 2.45) is 0 Å². The van der Waals surface area contributed by atoms with E-state index in [9.17, 15) is 14.5 Å². The van der Waals surface area contributed by atoms with Gasteiger partial charge in [0, 0.05) is 6.07 Å². The first-order valence-corrected chi connectivity index (χ1v) is 6.21. The molecule has 2 aromatic carbocycles. The topological polar surface area (TPSA) is 61.6 Å². The third kappa shape index (κ3) is 3.68. The van der Waals surface area contributed by atoms with Crippen molar-refractivity contribution in [3.63, 3.8) is 0 Å². The first-order chi connectivity index (χ1) is 9.99. The van der Waals surface area contributed by atoms with Crippen LogP contribution in [0.2, 0.25) is 0 Å². The predicted molar refractivity (Wildman–Crippen MR) is 75.1 cm³/mol. The van der Waals surface area contributed by atoms with Crippen molar-refractivity contribution in [2.45, 2.75) is 13.5 Å². The van der Waals surface area contributed by atoms with E-state index < -0.39 is 4.92 Å². The normalized spacial score (nSPS) is 10.2. The molecule has 0 aliphatic heterocycles. The maximum atomic E-state index is 13.2. The van der Waals surface area contributed by atoms with E-state index in [0.29, 0.717) is 22.6 Å². The molecule has 0 saturated heterocycles. The molecule has 0 radical (unpaired) electrons. The minimum atomic E-state index is -0.492. The van der Waals surface area contributed by atoms with Gasteiger partial charge in [0.15, 0.2) is 0 Å². The Bertz CT molecular complexity index is 673. The summed E-state index contributed by atoms with van der Waals surface area (Å²) in [5.74, 6) is 0.580. The standard InChI is InChI=1S/C15H14FNO4/c1-10-5-13(3-4-15(10)16)21-9-11-6-12(17(18)19)8-14(7-11)20-2/h3-8H,9H2,1-2H3. The van der Waals surface area contributed by atoms with Crippen molar-refractivity contribution < 1.29 is 18.8 Å². The molecule has 0 saturated carbocycles. The maximum absolute atomic E-state index is 13.2. The molecule has 2 rings (SSSR count). The molecule has 0 N–H and O–H groups in total. The monoisotopic (exact) mass is 291 g/mol. The fourth-order valence-corrected chi connectivity index (χ4v) is 1.82. The lowest BCUT2D eigenvalue weighted by Crippen LogP contribution is -1.99. The number of halogens is 1. The Morgan fingerprint density at radius 2 is 1.95 bits per heavy atom. The number of hydrogen-bond donors (Lipinski definition) is 0. The largest absolute Gasteiger partial charge is 0.496 e. The SMILES string of the molecule is COc1cc(COc2ccc(F)c(C)c2)cc([N+](=O)[O-])c1. The summed E-state index contributed by atoms with van der Waals surface area (Å²) < 4.78 is 23.7. The zero-order valence-electron chi connectivity index (χ0n) is 11.6. The zero-order valence-corrected chi connectivity index (χ0v) is 11.6. The molecule has 0 aliphatic carbocycles. The summed E-state index contributed by atoms with van der Waals surface area (Å²) in [6, 6.07) is 8.81. The van der Waals surface area contributed by atoms with Crippen LogP contribution in [0.5, 0.6) is 11.5 Å². The molecular formula is C15H14FNO4. The second-order valence-corrected chi connectivity index (χ2v) is 4.50. The van der Waals surface area contributed by atoms with Crippen molar-refractivity contribution >= 4 is 5.69 Å². The highest BCUT2D eigenvalue weighted by Gasteiger charge is 2.11. The molecular weight excluding hydrogens is 277 g/mol. The van der Waals surface area contributed by atoms with E-state index in [1.54, 1.807) is 19.1 Å². The summed E-state index contributed by atoms with van der Waals surface area (Å²) in [5, 5.41) is 10.8. The number of nitro benzene ring substituents is 1. The van der Waals surface area contributed by atoms with Gasteiger partial charge >= 0.3 is 0 Å². The Morgan fingerprint density at radius 3 is 2.57 bits per heavy atom. The van der Waals surface area contributed by atoms with Crippen LogP contribution in [0.4, 0.5) is 10.1 Å². The molecule has 0 amide bonds. The number of nitro groups is 1. The second kappa shape index (κ2) is 6.21. The van der Waals surface area contributed by atoms with Gasteiger partial charge in [0.25, 0.3) is 5.69 Å². The Hall–Kier alpha value is -2.63. The van der Waals surface area contributed by atoms with Crippen LogP contribution in [0.25, 0.3) is 0 Å². The molecule has 21 heavy (non-hydrogen) atoms. The second-order valence-electron chi connectivity index (χ2n) is 4.50. The number of hydrogen-bond acceptors (Lipinski definition) is 4. The molecule has 6 heteroatoms. The van der Waals surface area contributed by atoms with E-state index in [4.69, 9.17) is 9.47 Å². The Morgan fingerprint density at radius 1 is 1.19 bits per heavy atom. The summed E-state index contributed by atoms with van der Waals surface area (Å²) in [6.07, 6.45) is 0. The van der Waals surface area contributed by atoms with Crippen LogP contribution in [0.15, 0.2) is 36.4 Å². The highest BCUT2D eigenvalue weighted by Crippen LogP contribution is 2.24. The molecule has 0 heterocycles. The highest BCUT2D eigenvalue weighted by atomic mass is 19.1. The molecule has 0 aromatic heterocycles. The molecule has 0 spiro atoms. The van der Waals surface area contributed by atoms with Gasteiger partial charge in [-0.05, 0) is 42.3 Å². The predicted octanol–water partition coefficient (Wildman–Crippen LogP) is 3.63. The molecule has 110 valence electrons. The molecule has 0 unspecified atom stereocenters. The highest BCUT2D eigenvalue weighted by molar-refractivity contribution is 5.42. The van der Waals surface area contributed by atoms with Gasteiger partial charge in [0.2, 0.25) is 0 Å². The maximum Gasteiger partial charge on any atom is 0.273 e. The fourth-order valence-electron chi connectivity index (χ4n) is 1.82. The lowest BCUT2D eigenvalue weighted by molar-refractivity contribution is -0.385. The van der Waals surface area contributed by atoms with E-state index in [-0.39, 0.29) is 18.1 Å². The lowest BCUT2D eigenvalue weighted by atomic mass is 10.2. The summed E-state index contributed by atoms with van der Waals surface area (Å²) in [5.41, 5.74) is 1.01. The average Bonchev–Trinajstić information content (AvgIpc) is 2.48. The molecule has 2 aromatic rings. The fraction of sp³-hybridized carbons (Fsp3) is 0.200. The van der Waals surface area contributed by atoms with Crippen LogP contribution in [0.3, 0.4) is 0 Å². The van der Waals surface area contributed by atoms with Crippen molar-refractivity contribution in [1.82, 2.24) is 0 Å². The van der Waals surface area contributed by atoms with E-state index in [1.165, 1.54) is 31.4 Å². The minimum absolute atomic E-state index is 0.0664. The smallest absolute Gasteiger partial charge is 0.273 e. The first-order valence-electron chi connectivity index (χ1n) is 6.21. The Labute approximate surface area is 121 Å². The quantitative estimate of drug-likeness (QED) is 0.623. The molecule has 0 atom stereocenters. The number of benzene rings is 2. The van der Waals surface area contributed by atoms with Gasteiger partial charge in [0.05, 0.1) is 18.1 Å². The zero-order chi connectivity index (χ0) is 15.4.